The van der Waals surface area contributed by atoms with Gasteiger partial charge in [0.25, 0.3) is 0 Å². The molecular formula is C22H21F2N5O2. The number of ether oxygens (including phenoxy) is 2. The number of rotatable bonds is 5. The highest BCUT2D eigenvalue weighted by atomic mass is 19.2. The van der Waals surface area contributed by atoms with Crippen LogP contribution in [0.5, 0.6) is 5.88 Å². The van der Waals surface area contributed by atoms with Crippen LogP contribution in [-0.2, 0) is 4.74 Å². The third-order valence-electron chi connectivity index (χ3n) is 5.29. The lowest BCUT2D eigenvalue weighted by atomic mass is 10.1. The summed E-state index contributed by atoms with van der Waals surface area (Å²) >= 11 is 0. The highest BCUT2D eigenvalue weighted by Crippen LogP contribution is 2.33. The van der Waals surface area contributed by atoms with Gasteiger partial charge in [0.1, 0.15) is 6.10 Å². The molecule has 4 heterocycles. The van der Waals surface area contributed by atoms with E-state index in [1.54, 1.807) is 6.20 Å². The first-order valence-corrected chi connectivity index (χ1v) is 10.1. The molecule has 31 heavy (non-hydrogen) atoms. The zero-order valence-electron chi connectivity index (χ0n) is 17.1. The molecule has 5 rings (SSSR count). The lowest BCUT2D eigenvalue weighted by molar-refractivity contribution is 0.137. The minimum absolute atomic E-state index is 0.0792. The molecule has 0 radical (unpaired) electrons. The summed E-state index contributed by atoms with van der Waals surface area (Å²) in [5.41, 5.74) is 2.46. The van der Waals surface area contributed by atoms with E-state index in [0.717, 1.165) is 23.6 Å². The van der Waals surface area contributed by atoms with Gasteiger partial charge in [-0.25, -0.2) is 18.3 Å². The smallest absolute Gasteiger partial charge is 0.240 e. The molecular weight excluding hydrogens is 404 g/mol. The van der Waals surface area contributed by atoms with Crippen molar-refractivity contribution in [3.05, 3.63) is 54.5 Å². The molecule has 0 bridgehead atoms. The van der Waals surface area contributed by atoms with Crippen LogP contribution in [0.25, 0.3) is 28.0 Å². The maximum Gasteiger partial charge on any atom is 0.240 e. The number of nitrogens with zero attached hydrogens (tertiary/aromatic N) is 5. The summed E-state index contributed by atoms with van der Waals surface area (Å²) in [6, 6.07) is 6.05. The van der Waals surface area contributed by atoms with Crippen LogP contribution in [0.2, 0.25) is 0 Å². The van der Waals surface area contributed by atoms with E-state index in [1.807, 2.05) is 30.8 Å². The van der Waals surface area contributed by atoms with Gasteiger partial charge in [0.2, 0.25) is 5.88 Å². The van der Waals surface area contributed by atoms with E-state index in [2.05, 4.69) is 15.2 Å². The lowest BCUT2D eigenvalue weighted by Gasteiger charge is -2.15. The van der Waals surface area contributed by atoms with Gasteiger partial charge >= 0.3 is 0 Å². The summed E-state index contributed by atoms with van der Waals surface area (Å²) in [5.74, 6) is -1.51. The number of hydrogen-bond acceptors (Lipinski definition) is 5. The molecule has 1 saturated heterocycles. The number of benzene rings is 1. The van der Waals surface area contributed by atoms with Crippen molar-refractivity contribution in [2.24, 2.45) is 0 Å². The standard InChI is InChI=1S/C22H21F2N5O2/c1-13(2)28-11-14(9-26-28)17-8-20-25-10-19(16-4-3-5-18(23)21(16)24)29(20)27-22(17)31-15-6-7-30-12-15/h3-5,8-11,13,15H,6-7,12H2,1-2H3/t15-/m0/s1. The van der Waals surface area contributed by atoms with E-state index in [9.17, 15) is 8.78 Å². The molecule has 1 atom stereocenters. The molecule has 0 unspecified atom stereocenters. The third kappa shape index (κ3) is 3.54. The topological polar surface area (TPSA) is 66.5 Å². The largest absolute Gasteiger partial charge is 0.470 e. The Morgan fingerprint density at radius 2 is 2.06 bits per heavy atom. The summed E-state index contributed by atoms with van der Waals surface area (Å²) in [4.78, 5) is 4.37. The van der Waals surface area contributed by atoms with Crippen molar-refractivity contribution >= 4 is 5.65 Å². The quantitative estimate of drug-likeness (QED) is 0.477. The molecule has 0 spiro atoms. The average molecular weight is 425 g/mol. The van der Waals surface area contributed by atoms with Crippen molar-refractivity contribution < 1.29 is 18.3 Å². The van der Waals surface area contributed by atoms with Gasteiger partial charge < -0.3 is 9.47 Å². The summed E-state index contributed by atoms with van der Waals surface area (Å²) in [5, 5.41) is 9.04. The van der Waals surface area contributed by atoms with Crippen LogP contribution in [0, 0.1) is 11.6 Å². The number of fused-ring (bicyclic) bond motifs is 1. The fourth-order valence-corrected chi connectivity index (χ4v) is 3.60. The second kappa shape index (κ2) is 7.73. The van der Waals surface area contributed by atoms with Gasteiger partial charge in [-0.2, -0.15) is 5.10 Å². The molecule has 9 heteroatoms. The van der Waals surface area contributed by atoms with Gasteiger partial charge in [-0.05, 0) is 32.0 Å². The Morgan fingerprint density at radius 3 is 2.81 bits per heavy atom. The van der Waals surface area contributed by atoms with Crippen LogP contribution in [0.15, 0.2) is 42.9 Å². The molecule has 7 nitrogen and oxygen atoms in total. The molecule has 4 aromatic rings. The average Bonchev–Trinajstić information content (AvgIpc) is 3.50. The minimum Gasteiger partial charge on any atom is -0.470 e. The predicted octanol–water partition coefficient (Wildman–Crippen LogP) is 4.29. The molecule has 1 aromatic carbocycles. The molecule has 0 amide bonds. The Hall–Kier alpha value is -3.33. The number of hydrogen-bond donors (Lipinski definition) is 0. The van der Waals surface area contributed by atoms with Gasteiger partial charge in [-0.15, -0.1) is 5.10 Å². The molecule has 1 aliphatic heterocycles. The van der Waals surface area contributed by atoms with E-state index in [-0.39, 0.29) is 17.7 Å². The van der Waals surface area contributed by atoms with E-state index in [1.165, 1.54) is 22.8 Å². The summed E-state index contributed by atoms with van der Waals surface area (Å²) < 4.78 is 43.2. The number of halogens is 2. The van der Waals surface area contributed by atoms with E-state index in [4.69, 9.17) is 9.47 Å². The van der Waals surface area contributed by atoms with Gasteiger partial charge in [0.15, 0.2) is 17.3 Å². The fraction of sp³-hybridized carbons (Fsp3) is 0.318. The van der Waals surface area contributed by atoms with E-state index < -0.39 is 11.6 Å². The van der Waals surface area contributed by atoms with Crippen LogP contribution in [0.3, 0.4) is 0 Å². The van der Waals surface area contributed by atoms with Crippen molar-refractivity contribution in [3.63, 3.8) is 0 Å². The molecule has 1 fully saturated rings. The SMILES string of the molecule is CC(C)n1cc(-c2cc3ncc(-c4cccc(F)c4F)n3nc2O[C@H]2CCOC2)cn1. The highest BCUT2D eigenvalue weighted by Gasteiger charge is 2.23. The zero-order chi connectivity index (χ0) is 21.5. The van der Waals surface area contributed by atoms with Crippen LogP contribution < -0.4 is 4.74 Å². The Morgan fingerprint density at radius 1 is 1.19 bits per heavy atom. The lowest BCUT2D eigenvalue weighted by Crippen LogP contribution is -2.18. The van der Waals surface area contributed by atoms with Crippen LogP contribution in [0.4, 0.5) is 8.78 Å². The number of imidazole rings is 1. The van der Waals surface area contributed by atoms with E-state index >= 15 is 0 Å². The van der Waals surface area contributed by atoms with Gasteiger partial charge in [0.05, 0.1) is 36.9 Å². The minimum atomic E-state index is -0.944. The summed E-state index contributed by atoms with van der Waals surface area (Å²) in [6.45, 7) is 5.18. The molecule has 0 saturated carbocycles. The highest BCUT2D eigenvalue weighted by molar-refractivity contribution is 5.73. The molecule has 1 aliphatic rings. The first-order chi connectivity index (χ1) is 15.0. The second-order valence-electron chi connectivity index (χ2n) is 7.78. The zero-order valence-corrected chi connectivity index (χ0v) is 17.1. The van der Waals surface area contributed by atoms with E-state index in [0.29, 0.717) is 30.4 Å². The first-order valence-electron chi connectivity index (χ1n) is 10.1. The summed E-state index contributed by atoms with van der Waals surface area (Å²) in [7, 11) is 0. The maximum atomic E-state index is 14.4. The monoisotopic (exact) mass is 425 g/mol. The molecule has 160 valence electrons. The van der Waals surface area contributed by atoms with Gasteiger partial charge in [-0.1, -0.05) is 6.07 Å². The number of aromatic nitrogens is 5. The van der Waals surface area contributed by atoms with Crippen molar-refractivity contribution in [1.82, 2.24) is 24.4 Å². The second-order valence-corrected chi connectivity index (χ2v) is 7.78. The van der Waals surface area contributed by atoms with Crippen molar-refractivity contribution in [2.45, 2.75) is 32.4 Å². The normalized spacial score (nSPS) is 16.5. The Balaban J connectivity index is 1.66. The Bertz CT molecular complexity index is 1240. The predicted molar refractivity (Wildman–Crippen MR) is 110 cm³/mol. The summed E-state index contributed by atoms with van der Waals surface area (Å²) in [6.07, 6.45) is 5.76. The van der Waals surface area contributed by atoms with Crippen LogP contribution in [-0.4, -0.2) is 43.7 Å². The van der Waals surface area contributed by atoms with Gasteiger partial charge in [0, 0.05) is 29.8 Å². The van der Waals surface area contributed by atoms with Gasteiger partial charge in [-0.3, -0.25) is 4.68 Å². The molecule has 0 N–H and O–H groups in total. The molecule has 0 aliphatic carbocycles. The van der Waals surface area contributed by atoms with Crippen molar-refractivity contribution in [2.75, 3.05) is 13.2 Å². The first kappa shape index (κ1) is 19.6. The van der Waals surface area contributed by atoms with Crippen LogP contribution >= 0.6 is 0 Å². The third-order valence-corrected chi connectivity index (χ3v) is 5.29. The molecule has 3 aromatic heterocycles. The van der Waals surface area contributed by atoms with Crippen LogP contribution in [0.1, 0.15) is 26.3 Å². The van der Waals surface area contributed by atoms with Crippen molar-refractivity contribution in [3.8, 4) is 28.3 Å². The van der Waals surface area contributed by atoms with Crippen molar-refractivity contribution in [1.29, 1.82) is 0 Å². The maximum absolute atomic E-state index is 14.4. The fourth-order valence-electron chi connectivity index (χ4n) is 3.60. The Kier molecular flexibility index (Phi) is 4.90. The Labute approximate surface area is 177 Å².